The Hall–Kier alpha value is -2.54. The zero-order chi connectivity index (χ0) is 23.5. The first-order chi connectivity index (χ1) is 16.5. The van der Waals surface area contributed by atoms with E-state index in [0.717, 1.165) is 59.6 Å². The van der Waals surface area contributed by atoms with Crippen LogP contribution in [0.1, 0.15) is 31.4 Å². The van der Waals surface area contributed by atoms with Gasteiger partial charge in [-0.2, -0.15) is 0 Å². The minimum absolute atomic E-state index is 0.217. The van der Waals surface area contributed by atoms with Crippen molar-refractivity contribution < 1.29 is 14.3 Å². The van der Waals surface area contributed by atoms with Crippen LogP contribution in [-0.4, -0.2) is 47.3 Å². The van der Waals surface area contributed by atoms with Crippen molar-refractivity contribution in [2.24, 2.45) is 0 Å². The van der Waals surface area contributed by atoms with Crippen LogP contribution in [0.15, 0.2) is 54.6 Å². The number of hydrogen-bond donors (Lipinski definition) is 1. The summed E-state index contributed by atoms with van der Waals surface area (Å²) in [6.07, 6.45) is 3.46. The number of hydrogen-bond acceptors (Lipinski definition) is 5. The lowest BCUT2D eigenvalue weighted by molar-refractivity contribution is 0.1000. The summed E-state index contributed by atoms with van der Waals surface area (Å²) in [5.41, 5.74) is 1.97. The number of ether oxygens (including phenoxy) is 2. The van der Waals surface area contributed by atoms with Gasteiger partial charge in [0.25, 0.3) is 0 Å². The number of amides is 1. The van der Waals surface area contributed by atoms with Crippen LogP contribution in [0.4, 0.5) is 4.79 Å². The highest BCUT2D eigenvalue weighted by Crippen LogP contribution is 2.28. The molecule has 0 bridgehead atoms. The van der Waals surface area contributed by atoms with E-state index in [-0.39, 0.29) is 18.2 Å². The normalized spacial score (nSPS) is 22.7. The summed E-state index contributed by atoms with van der Waals surface area (Å²) in [7, 11) is 0. The van der Waals surface area contributed by atoms with Gasteiger partial charge in [-0.1, -0.05) is 29.3 Å². The van der Waals surface area contributed by atoms with Gasteiger partial charge in [0.05, 0.1) is 17.8 Å². The van der Waals surface area contributed by atoms with Crippen molar-refractivity contribution in [1.29, 1.82) is 0 Å². The summed E-state index contributed by atoms with van der Waals surface area (Å²) in [6, 6.07) is 17.7. The van der Waals surface area contributed by atoms with Crippen molar-refractivity contribution in [3.8, 4) is 5.75 Å². The monoisotopic (exact) mass is 499 g/mol. The molecule has 1 unspecified atom stereocenters. The molecule has 3 aromatic rings. The molecule has 2 aliphatic rings. The van der Waals surface area contributed by atoms with E-state index in [4.69, 9.17) is 37.7 Å². The molecule has 1 aliphatic heterocycles. The van der Waals surface area contributed by atoms with Crippen molar-refractivity contribution in [3.05, 3.63) is 70.3 Å². The lowest BCUT2D eigenvalue weighted by Gasteiger charge is -2.33. The molecule has 178 valence electrons. The van der Waals surface area contributed by atoms with Gasteiger partial charge in [0.15, 0.2) is 6.10 Å². The van der Waals surface area contributed by atoms with E-state index in [0.29, 0.717) is 24.2 Å². The molecule has 5 rings (SSSR count). The summed E-state index contributed by atoms with van der Waals surface area (Å²) < 4.78 is 11.3. The predicted molar refractivity (Wildman–Crippen MR) is 134 cm³/mol. The highest BCUT2D eigenvalue weighted by molar-refractivity contribution is 6.31. The molecule has 8 heteroatoms. The zero-order valence-corrected chi connectivity index (χ0v) is 20.3. The molecule has 34 heavy (non-hydrogen) atoms. The van der Waals surface area contributed by atoms with Gasteiger partial charge in [-0.15, -0.1) is 0 Å². The van der Waals surface area contributed by atoms with Gasteiger partial charge in [-0.3, -0.25) is 4.98 Å². The second-order valence-electron chi connectivity index (χ2n) is 8.95. The van der Waals surface area contributed by atoms with Crippen LogP contribution in [0.2, 0.25) is 10.0 Å². The molecule has 1 aromatic heterocycles. The second kappa shape index (κ2) is 10.4. The molecule has 1 saturated heterocycles. The van der Waals surface area contributed by atoms with Crippen LogP contribution >= 0.6 is 23.2 Å². The first-order valence-electron chi connectivity index (χ1n) is 11.7. The fourth-order valence-corrected chi connectivity index (χ4v) is 5.03. The number of rotatable bonds is 7. The molecule has 0 spiro atoms. The number of fused-ring (bicyclic) bond motifs is 1. The Morgan fingerprint density at radius 1 is 1.00 bits per heavy atom. The highest BCUT2D eigenvalue weighted by atomic mass is 35.5. The average molecular weight is 500 g/mol. The molecule has 2 heterocycles. The maximum atomic E-state index is 12.5. The lowest BCUT2D eigenvalue weighted by atomic mass is 9.90. The van der Waals surface area contributed by atoms with Crippen molar-refractivity contribution in [1.82, 2.24) is 15.2 Å². The van der Waals surface area contributed by atoms with E-state index in [1.807, 2.05) is 41.3 Å². The molecule has 1 aliphatic carbocycles. The van der Waals surface area contributed by atoms with Crippen molar-refractivity contribution >= 4 is 40.2 Å². The minimum Gasteiger partial charge on any atom is -0.490 e. The number of carbonyl (C=O) groups excluding carboxylic acids is 1. The topological polar surface area (TPSA) is 63.7 Å². The Morgan fingerprint density at radius 3 is 2.56 bits per heavy atom. The van der Waals surface area contributed by atoms with Gasteiger partial charge in [0.1, 0.15) is 12.4 Å². The summed E-state index contributed by atoms with van der Waals surface area (Å²) in [5.74, 6) is 0.718. The van der Waals surface area contributed by atoms with Gasteiger partial charge in [0, 0.05) is 34.1 Å². The first kappa shape index (κ1) is 23.2. The Morgan fingerprint density at radius 2 is 1.76 bits per heavy atom. The highest BCUT2D eigenvalue weighted by Gasteiger charge is 2.38. The summed E-state index contributed by atoms with van der Waals surface area (Å²) >= 11 is 12.0. The predicted octanol–water partition coefficient (Wildman–Crippen LogP) is 5.84. The fourth-order valence-electron chi connectivity index (χ4n) is 4.72. The maximum absolute atomic E-state index is 12.5. The molecule has 0 radical (unpaired) electrons. The molecule has 2 aromatic carbocycles. The van der Waals surface area contributed by atoms with E-state index in [1.165, 1.54) is 0 Å². The van der Waals surface area contributed by atoms with Gasteiger partial charge in [-0.05, 0) is 74.2 Å². The number of aromatic nitrogens is 1. The molecular weight excluding hydrogens is 473 g/mol. The van der Waals surface area contributed by atoms with Gasteiger partial charge >= 0.3 is 6.09 Å². The van der Waals surface area contributed by atoms with Crippen LogP contribution in [0.25, 0.3) is 10.9 Å². The third-order valence-corrected chi connectivity index (χ3v) is 7.06. The molecule has 1 atom stereocenters. The van der Waals surface area contributed by atoms with Crippen LogP contribution in [0.3, 0.4) is 0 Å². The molecule has 1 N–H and O–H groups in total. The zero-order valence-electron chi connectivity index (χ0n) is 18.8. The maximum Gasteiger partial charge on any atom is 0.410 e. The number of nitrogens with zero attached hydrogens (tertiary/aromatic N) is 2. The smallest absolute Gasteiger partial charge is 0.410 e. The summed E-state index contributed by atoms with van der Waals surface area (Å²) in [4.78, 5) is 19.1. The Balaban J connectivity index is 1.07. The Kier molecular flexibility index (Phi) is 7.09. The van der Waals surface area contributed by atoms with Gasteiger partial charge < -0.3 is 19.7 Å². The van der Waals surface area contributed by atoms with Gasteiger partial charge in [-0.25, -0.2) is 4.79 Å². The van der Waals surface area contributed by atoms with E-state index in [9.17, 15) is 4.79 Å². The quantitative estimate of drug-likeness (QED) is 0.442. The largest absolute Gasteiger partial charge is 0.490 e. The van der Waals surface area contributed by atoms with Crippen LogP contribution < -0.4 is 10.1 Å². The SMILES string of the molecule is O=C1OC(COc2ccc(Cl)cc2)CN1[C@H]1CC[C@H](NCc2ccc3cc(Cl)ccc3n2)CC1. The Labute approximate surface area is 209 Å². The summed E-state index contributed by atoms with van der Waals surface area (Å²) in [6.45, 7) is 1.63. The van der Waals surface area contributed by atoms with Gasteiger partial charge in [0.2, 0.25) is 0 Å². The van der Waals surface area contributed by atoms with Crippen molar-refractivity contribution in [3.63, 3.8) is 0 Å². The number of carbonyl (C=O) groups is 1. The Bertz CT molecular complexity index is 1150. The van der Waals surface area contributed by atoms with Crippen molar-refractivity contribution in [2.75, 3.05) is 13.2 Å². The van der Waals surface area contributed by atoms with E-state index >= 15 is 0 Å². The number of benzene rings is 2. The van der Waals surface area contributed by atoms with E-state index < -0.39 is 0 Å². The molecule has 1 saturated carbocycles. The van der Waals surface area contributed by atoms with Crippen LogP contribution in [0.5, 0.6) is 5.75 Å². The first-order valence-corrected chi connectivity index (χ1v) is 12.4. The van der Waals surface area contributed by atoms with Crippen LogP contribution in [0, 0.1) is 0 Å². The number of nitrogens with one attached hydrogen (secondary N) is 1. The average Bonchev–Trinajstić information content (AvgIpc) is 3.23. The standard InChI is InChI=1S/C26H27Cl2N3O3/c27-18-2-10-23(11-3-18)33-16-24-15-31(26(32)34-24)22-8-6-20(7-9-22)29-14-21-5-1-17-13-19(28)4-12-25(17)30-21/h1-5,10-13,20,22,24,29H,6-9,14-16H2/t20-,22-,24?. The molecule has 1 amide bonds. The summed E-state index contributed by atoms with van der Waals surface area (Å²) in [5, 5.41) is 6.07. The second-order valence-corrected chi connectivity index (χ2v) is 9.82. The molecule has 6 nitrogen and oxygen atoms in total. The number of pyridine rings is 1. The van der Waals surface area contributed by atoms with Crippen molar-refractivity contribution in [2.45, 2.75) is 50.4 Å². The number of halogens is 2. The fraction of sp³-hybridized carbons (Fsp3) is 0.385. The molecule has 2 fully saturated rings. The number of cyclic esters (lactones) is 1. The van der Waals surface area contributed by atoms with E-state index in [1.54, 1.807) is 12.1 Å². The minimum atomic E-state index is -0.257. The van der Waals surface area contributed by atoms with Crippen LogP contribution in [-0.2, 0) is 11.3 Å². The lowest BCUT2D eigenvalue weighted by Crippen LogP contribution is -2.43. The molecular formula is C26H27Cl2N3O3. The van der Waals surface area contributed by atoms with E-state index in [2.05, 4.69) is 11.4 Å². The third kappa shape index (κ3) is 5.57. The third-order valence-electron chi connectivity index (χ3n) is 6.57.